The summed E-state index contributed by atoms with van der Waals surface area (Å²) >= 11 is 1.40. The predicted octanol–water partition coefficient (Wildman–Crippen LogP) is 4.48. The summed E-state index contributed by atoms with van der Waals surface area (Å²) in [5, 5.41) is 25.6. The first kappa shape index (κ1) is 40.9. The van der Waals surface area contributed by atoms with Gasteiger partial charge in [0.15, 0.2) is 6.04 Å². The van der Waals surface area contributed by atoms with E-state index >= 15 is 0 Å². The van der Waals surface area contributed by atoms with E-state index in [-0.39, 0.29) is 37.7 Å². The summed E-state index contributed by atoms with van der Waals surface area (Å²) in [5.41, 5.74) is 2.91. The number of nitrogens with one attached hydrogen (secondary N) is 5. The Hall–Kier alpha value is -6.80. The highest BCUT2D eigenvalue weighted by molar-refractivity contribution is 7.09. The maximum absolute atomic E-state index is 14.4. The first-order valence-corrected chi connectivity index (χ1v) is 19.6. The molecule has 4 aromatic carbocycles. The zero-order valence-electron chi connectivity index (χ0n) is 31.4. The standard InChI is InChI=1S/C44H43N5O8S/c50-38-21-22-39(51)46-37(26-34-12-7-23-58-34)42(53)47-35(25-29-13-19-33(20-14-29)57-27-30-10-5-2-6-11-30)41(52)48-36(24-28-8-3-1-4-9-28)43(54)49-40(44(55)56)31-15-17-32(45-38)18-16-31/h1-20,23,35-37,40H,21-22,24-27H2,(H,45,50)(H,46,51)(H,47,53)(H,48,52)(H,49,54)(H,55,56)/t35-,36+,37+,40?/m0/s1. The number of rotatable bonds is 10. The van der Waals surface area contributed by atoms with Crippen molar-refractivity contribution >= 4 is 52.5 Å². The molecule has 1 unspecified atom stereocenters. The molecule has 13 nitrogen and oxygen atoms in total. The van der Waals surface area contributed by atoms with Crippen LogP contribution in [0.3, 0.4) is 0 Å². The molecule has 2 aliphatic rings. The summed E-state index contributed by atoms with van der Waals surface area (Å²) in [7, 11) is 0. The van der Waals surface area contributed by atoms with Gasteiger partial charge in [-0.05, 0) is 58.0 Å². The van der Waals surface area contributed by atoms with Crippen molar-refractivity contribution in [1.82, 2.24) is 21.3 Å². The Labute approximate surface area is 339 Å². The van der Waals surface area contributed by atoms with E-state index in [2.05, 4.69) is 26.6 Å². The lowest BCUT2D eigenvalue weighted by Gasteiger charge is -2.26. The van der Waals surface area contributed by atoms with Crippen molar-refractivity contribution < 1.29 is 38.6 Å². The molecule has 0 fully saturated rings. The Morgan fingerprint density at radius 3 is 1.72 bits per heavy atom. The minimum Gasteiger partial charge on any atom is -0.489 e. The molecule has 0 saturated heterocycles. The molecule has 2 aliphatic heterocycles. The summed E-state index contributed by atoms with van der Waals surface area (Å²) in [6.45, 7) is 0.349. The molecule has 58 heavy (non-hydrogen) atoms. The van der Waals surface area contributed by atoms with E-state index in [9.17, 15) is 33.9 Å². The minimum atomic E-state index is -1.50. The van der Waals surface area contributed by atoms with Gasteiger partial charge in [0.05, 0.1) is 0 Å². The van der Waals surface area contributed by atoms with E-state index in [1.807, 2.05) is 47.8 Å². The number of benzene rings is 4. The van der Waals surface area contributed by atoms with E-state index in [1.54, 1.807) is 54.6 Å². The largest absolute Gasteiger partial charge is 0.489 e. The van der Waals surface area contributed by atoms with Crippen molar-refractivity contribution in [3.05, 3.63) is 154 Å². The minimum absolute atomic E-state index is 0.000891. The van der Waals surface area contributed by atoms with Crippen molar-refractivity contribution in [2.45, 2.75) is 62.9 Å². The molecule has 5 aromatic rings. The quantitative estimate of drug-likeness (QED) is 0.111. The number of carboxylic acid groups (broad SMARTS) is 1. The third kappa shape index (κ3) is 11.9. The molecule has 3 heterocycles. The van der Waals surface area contributed by atoms with Crippen LogP contribution in [-0.2, 0) is 54.6 Å². The predicted molar refractivity (Wildman–Crippen MR) is 218 cm³/mol. The van der Waals surface area contributed by atoms with Gasteiger partial charge in [-0.3, -0.25) is 24.0 Å². The third-order valence-electron chi connectivity index (χ3n) is 9.44. The molecule has 1 aromatic heterocycles. The van der Waals surface area contributed by atoms with Crippen LogP contribution in [0.15, 0.2) is 127 Å². The lowest BCUT2D eigenvalue weighted by atomic mass is 10.0. The van der Waals surface area contributed by atoms with Gasteiger partial charge < -0.3 is 36.4 Å². The van der Waals surface area contributed by atoms with Crippen molar-refractivity contribution in [3.63, 3.8) is 0 Å². The smallest absolute Gasteiger partial charge is 0.330 e. The molecule has 4 atom stereocenters. The van der Waals surface area contributed by atoms with Crippen LogP contribution in [0.1, 0.15) is 46.0 Å². The lowest BCUT2D eigenvalue weighted by molar-refractivity contribution is -0.142. The highest BCUT2D eigenvalue weighted by Gasteiger charge is 2.32. The number of hydrogen-bond donors (Lipinski definition) is 6. The molecule has 2 bridgehead atoms. The van der Waals surface area contributed by atoms with E-state index in [0.29, 0.717) is 29.2 Å². The SMILES string of the molecule is O=C1CCC(=O)N[C@H](Cc2cccs2)C(=O)N[C@@H](Cc2ccc(OCc3ccccc3)cc2)C(=O)N[C@H](Cc2ccccc2)C(=O)NC(C(=O)O)c2ccc(cc2)N1. The first-order valence-electron chi connectivity index (χ1n) is 18.7. The monoisotopic (exact) mass is 801 g/mol. The van der Waals surface area contributed by atoms with Crippen LogP contribution in [0, 0.1) is 0 Å². The Bertz CT molecular complexity index is 2180. The van der Waals surface area contributed by atoms with Crippen molar-refractivity contribution in [2.24, 2.45) is 0 Å². The van der Waals surface area contributed by atoms with Crippen LogP contribution < -0.4 is 31.3 Å². The molecule has 0 radical (unpaired) electrons. The van der Waals surface area contributed by atoms with E-state index in [4.69, 9.17) is 4.74 Å². The molecule has 298 valence electrons. The summed E-state index contributed by atoms with van der Waals surface area (Å²) in [4.78, 5) is 81.8. The zero-order valence-corrected chi connectivity index (χ0v) is 32.2. The fourth-order valence-corrected chi connectivity index (χ4v) is 7.11. The number of aliphatic carboxylic acids is 1. The lowest BCUT2D eigenvalue weighted by Crippen LogP contribution is -2.58. The van der Waals surface area contributed by atoms with Gasteiger partial charge in [-0.15, -0.1) is 11.3 Å². The zero-order chi connectivity index (χ0) is 40.9. The molecule has 6 N–H and O–H groups in total. The number of thiophene rings is 1. The summed E-state index contributed by atoms with van der Waals surface area (Å²) < 4.78 is 5.94. The van der Waals surface area contributed by atoms with Gasteiger partial charge in [0.25, 0.3) is 0 Å². The number of carbonyl (C=O) groups excluding carboxylic acids is 5. The average Bonchev–Trinajstić information content (AvgIpc) is 3.75. The highest BCUT2D eigenvalue weighted by Crippen LogP contribution is 2.20. The van der Waals surface area contributed by atoms with Gasteiger partial charge in [0.2, 0.25) is 29.5 Å². The second-order valence-electron chi connectivity index (χ2n) is 13.8. The van der Waals surface area contributed by atoms with Crippen LogP contribution in [-0.4, -0.2) is 58.7 Å². The van der Waals surface area contributed by atoms with Crippen LogP contribution in [0.2, 0.25) is 0 Å². The van der Waals surface area contributed by atoms with E-state index < -0.39 is 59.7 Å². The number of carboxylic acids is 1. The van der Waals surface area contributed by atoms with Crippen molar-refractivity contribution in [1.29, 1.82) is 0 Å². The molecule has 0 saturated carbocycles. The maximum atomic E-state index is 14.4. The highest BCUT2D eigenvalue weighted by atomic mass is 32.1. The van der Waals surface area contributed by atoms with E-state index in [0.717, 1.165) is 10.4 Å². The Balaban J connectivity index is 1.32. The van der Waals surface area contributed by atoms with Gasteiger partial charge in [-0.25, -0.2) is 4.79 Å². The number of anilines is 1. The van der Waals surface area contributed by atoms with Gasteiger partial charge in [0.1, 0.15) is 30.5 Å². The van der Waals surface area contributed by atoms with Gasteiger partial charge in [0, 0.05) is 42.7 Å². The number of fused-ring (bicyclic) bond motifs is 17. The Kier molecular flexibility index (Phi) is 14.0. The Morgan fingerprint density at radius 1 is 0.586 bits per heavy atom. The normalized spacial score (nSPS) is 19.5. The fraction of sp³-hybridized carbons (Fsp3) is 0.227. The summed E-state index contributed by atoms with van der Waals surface area (Å²) in [5.74, 6) is -3.92. The van der Waals surface area contributed by atoms with Crippen molar-refractivity contribution in [3.8, 4) is 5.75 Å². The topological polar surface area (TPSA) is 192 Å². The van der Waals surface area contributed by atoms with Crippen LogP contribution in [0.25, 0.3) is 0 Å². The van der Waals surface area contributed by atoms with Crippen LogP contribution in [0.5, 0.6) is 5.75 Å². The number of ether oxygens (including phenoxy) is 1. The number of amides is 5. The number of hydrogen-bond acceptors (Lipinski definition) is 8. The number of carbonyl (C=O) groups is 6. The molecule has 14 heteroatoms. The molecular formula is C44H43N5O8S. The van der Waals surface area contributed by atoms with Gasteiger partial charge >= 0.3 is 5.97 Å². The van der Waals surface area contributed by atoms with Crippen molar-refractivity contribution in [2.75, 3.05) is 5.32 Å². The molecule has 5 amide bonds. The molecule has 0 spiro atoms. The Morgan fingerprint density at radius 2 is 1.14 bits per heavy atom. The molecule has 7 rings (SSSR count). The molecule has 0 aliphatic carbocycles. The maximum Gasteiger partial charge on any atom is 0.330 e. The van der Waals surface area contributed by atoms with Crippen LogP contribution in [0.4, 0.5) is 5.69 Å². The summed E-state index contributed by atoms with van der Waals surface area (Å²) in [6, 6.07) is 30.0. The third-order valence-corrected chi connectivity index (χ3v) is 10.3. The van der Waals surface area contributed by atoms with Crippen LogP contribution >= 0.6 is 11.3 Å². The fourth-order valence-electron chi connectivity index (χ4n) is 6.36. The summed E-state index contributed by atoms with van der Waals surface area (Å²) in [6.07, 6.45) is -0.325. The average molecular weight is 802 g/mol. The molecular weight excluding hydrogens is 759 g/mol. The van der Waals surface area contributed by atoms with Gasteiger partial charge in [-0.2, -0.15) is 0 Å². The van der Waals surface area contributed by atoms with Gasteiger partial charge in [-0.1, -0.05) is 91.0 Å². The van der Waals surface area contributed by atoms with E-state index in [1.165, 1.54) is 35.6 Å². The second kappa shape index (κ2) is 19.9. The first-order chi connectivity index (χ1) is 28.1. The second-order valence-corrected chi connectivity index (χ2v) is 14.8.